The van der Waals surface area contributed by atoms with Crippen LogP contribution in [0.5, 0.6) is 17.2 Å². The van der Waals surface area contributed by atoms with Gasteiger partial charge in [0.15, 0.2) is 0 Å². The van der Waals surface area contributed by atoms with E-state index in [1.54, 1.807) is 14.2 Å². The van der Waals surface area contributed by atoms with Gasteiger partial charge in [-0.05, 0) is 12.8 Å². The predicted octanol–water partition coefficient (Wildman–Crippen LogP) is 1.56. The molecule has 1 aromatic carbocycles. The van der Waals surface area contributed by atoms with E-state index in [1.807, 2.05) is 17.0 Å². The smallest absolute Gasteiger partial charge is 0.317 e. The monoisotopic (exact) mass is 307 g/mol. The molecule has 0 bridgehead atoms. The quantitative estimate of drug-likeness (QED) is 0.910. The van der Waals surface area contributed by atoms with Gasteiger partial charge in [-0.3, -0.25) is 9.69 Å². The molecule has 1 saturated heterocycles. The van der Waals surface area contributed by atoms with Crippen molar-refractivity contribution in [1.29, 1.82) is 0 Å². The summed E-state index contributed by atoms with van der Waals surface area (Å²) in [6.45, 7) is 1.47. The Morgan fingerprint density at radius 3 is 2.86 bits per heavy atom. The number of likely N-dealkylation sites (tertiary alicyclic amines) is 1. The first-order chi connectivity index (χ1) is 10.5. The molecule has 1 aromatic rings. The molecule has 3 rings (SSSR count). The van der Waals surface area contributed by atoms with E-state index in [0.29, 0.717) is 12.3 Å². The molecular weight excluding hydrogens is 286 g/mol. The lowest BCUT2D eigenvalue weighted by molar-refractivity contribution is -0.138. The van der Waals surface area contributed by atoms with E-state index in [9.17, 15) is 4.79 Å². The van der Waals surface area contributed by atoms with Gasteiger partial charge < -0.3 is 19.3 Å². The molecule has 2 aliphatic heterocycles. The number of methoxy groups -OCH3 is 2. The molecular formula is C16H21NO5. The molecule has 1 unspecified atom stereocenters. The summed E-state index contributed by atoms with van der Waals surface area (Å²) in [5, 5.41) is 8.94. The molecule has 120 valence electrons. The van der Waals surface area contributed by atoms with Gasteiger partial charge in [0, 0.05) is 37.2 Å². The molecule has 1 spiro atoms. The van der Waals surface area contributed by atoms with Crippen molar-refractivity contribution >= 4 is 5.97 Å². The lowest BCUT2D eigenvalue weighted by atomic mass is 9.90. The fourth-order valence-electron chi connectivity index (χ4n) is 3.41. The minimum atomic E-state index is -0.795. The van der Waals surface area contributed by atoms with Gasteiger partial charge in [-0.15, -0.1) is 0 Å². The Balaban J connectivity index is 1.83. The molecule has 6 nitrogen and oxygen atoms in total. The van der Waals surface area contributed by atoms with Crippen LogP contribution in [0.25, 0.3) is 0 Å². The highest BCUT2D eigenvalue weighted by atomic mass is 16.5. The van der Waals surface area contributed by atoms with Crippen LogP contribution >= 0.6 is 0 Å². The number of ether oxygens (including phenoxy) is 3. The van der Waals surface area contributed by atoms with Gasteiger partial charge in [0.1, 0.15) is 22.8 Å². The third-order valence-electron chi connectivity index (χ3n) is 4.51. The van der Waals surface area contributed by atoms with Crippen molar-refractivity contribution in [2.75, 3.05) is 33.9 Å². The van der Waals surface area contributed by atoms with Gasteiger partial charge in [0.2, 0.25) is 0 Å². The van der Waals surface area contributed by atoms with Crippen molar-refractivity contribution in [3.63, 3.8) is 0 Å². The number of nitrogens with zero attached hydrogens (tertiary/aromatic N) is 1. The molecule has 0 aromatic heterocycles. The standard InChI is InChI=1S/C16H21NO5/c1-20-11-7-13(21-2)12-3-4-16(22-14(12)8-11)5-6-17(10-16)9-15(18)19/h7-8H,3-6,9-10H2,1-2H3,(H,18,19). The average molecular weight is 307 g/mol. The van der Waals surface area contributed by atoms with Crippen molar-refractivity contribution in [3.8, 4) is 17.2 Å². The molecule has 0 amide bonds. The number of carboxylic acid groups (broad SMARTS) is 1. The third kappa shape index (κ3) is 2.70. The number of benzene rings is 1. The van der Waals surface area contributed by atoms with Crippen LogP contribution < -0.4 is 14.2 Å². The molecule has 1 atom stereocenters. The van der Waals surface area contributed by atoms with E-state index in [2.05, 4.69) is 0 Å². The van der Waals surface area contributed by atoms with Crippen molar-refractivity contribution in [1.82, 2.24) is 4.90 Å². The number of hydrogen-bond donors (Lipinski definition) is 1. The predicted molar refractivity (Wildman–Crippen MR) is 79.9 cm³/mol. The maximum absolute atomic E-state index is 10.9. The lowest BCUT2D eigenvalue weighted by Crippen LogP contribution is -2.43. The zero-order valence-electron chi connectivity index (χ0n) is 12.9. The van der Waals surface area contributed by atoms with Gasteiger partial charge in [-0.1, -0.05) is 0 Å². The first-order valence-corrected chi connectivity index (χ1v) is 7.43. The number of carbonyl (C=O) groups is 1. The summed E-state index contributed by atoms with van der Waals surface area (Å²) in [5.74, 6) is 1.48. The molecule has 22 heavy (non-hydrogen) atoms. The molecule has 1 N–H and O–H groups in total. The normalized spacial score (nSPS) is 23.9. The zero-order valence-corrected chi connectivity index (χ0v) is 12.9. The van der Waals surface area contributed by atoms with Crippen LogP contribution in [0.1, 0.15) is 18.4 Å². The average Bonchev–Trinajstić information content (AvgIpc) is 2.87. The van der Waals surface area contributed by atoms with Gasteiger partial charge >= 0.3 is 5.97 Å². The van der Waals surface area contributed by atoms with E-state index in [0.717, 1.165) is 42.9 Å². The maximum Gasteiger partial charge on any atom is 0.317 e. The summed E-state index contributed by atoms with van der Waals surface area (Å²) < 4.78 is 17.0. The van der Waals surface area contributed by atoms with Crippen LogP contribution in [0, 0.1) is 0 Å². The lowest BCUT2D eigenvalue weighted by Gasteiger charge is -2.36. The minimum absolute atomic E-state index is 0.0688. The number of aliphatic carboxylic acids is 1. The molecule has 1 fully saturated rings. The number of carboxylic acids is 1. The van der Waals surface area contributed by atoms with Gasteiger partial charge in [-0.25, -0.2) is 0 Å². The van der Waals surface area contributed by atoms with Gasteiger partial charge in [0.05, 0.1) is 20.8 Å². The summed E-state index contributed by atoms with van der Waals surface area (Å²) in [4.78, 5) is 12.8. The Morgan fingerprint density at radius 2 is 2.18 bits per heavy atom. The zero-order chi connectivity index (χ0) is 15.7. The maximum atomic E-state index is 10.9. The Kier molecular flexibility index (Phi) is 3.87. The first-order valence-electron chi connectivity index (χ1n) is 7.43. The van der Waals surface area contributed by atoms with Crippen molar-refractivity contribution in [2.24, 2.45) is 0 Å². The molecule has 0 aliphatic carbocycles. The van der Waals surface area contributed by atoms with E-state index < -0.39 is 5.97 Å². The summed E-state index contributed by atoms with van der Waals surface area (Å²) in [5.41, 5.74) is 0.769. The number of fused-ring (bicyclic) bond motifs is 1. The van der Waals surface area contributed by atoms with E-state index >= 15 is 0 Å². The van der Waals surface area contributed by atoms with Gasteiger partial charge in [0.25, 0.3) is 0 Å². The fourth-order valence-corrected chi connectivity index (χ4v) is 3.41. The Hall–Kier alpha value is -1.95. The minimum Gasteiger partial charge on any atom is -0.496 e. The SMILES string of the molecule is COc1cc(OC)c2c(c1)OC1(CC2)CCN(CC(=O)O)C1. The van der Waals surface area contributed by atoms with Crippen molar-refractivity contribution < 1.29 is 24.1 Å². The summed E-state index contributed by atoms with van der Waals surface area (Å²) in [6.07, 6.45) is 2.58. The first kappa shape index (κ1) is 15.0. The fraction of sp³-hybridized carbons (Fsp3) is 0.562. The Morgan fingerprint density at radius 1 is 1.36 bits per heavy atom. The van der Waals surface area contributed by atoms with Gasteiger partial charge in [-0.2, -0.15) is 0 Å². The van der Waals surface area contributed by atoms with Crippen molar-refractivity contribution in [3.05, 3.63) is 17.7 Å². The van der Waals surface area contributed by atoms with Crippen LogP contribution in [0.15, 0.2) is 12.1 Å². The van der Waals surface area contributed by atoms with Crippen LogP contribution in [0.4, 0.5) is 0 Å². The second kappa shape index (κ2) is 5.68. The van der Waals surface area contributed by atoms with E-state index in [-0.39, 0.29) is 12.1 Å². The summed E-state index contributed by atoms with van der Waals surface area (Å²) >= 11 is 0. The second-order valence-corrected chi connectivity index (χ2v) is 5.95. The number of hydrogen-bond acceptors (Lipinski definition) is 5. The molecule has 0 saturated carbocycles. The van der Waals surface area contributed by atoms with E-state index in [4.69, 9.17) is 19.3 Å². The highest BCUT2D eigenvalue weighted by molar-refractivity contribution is 5.69. The van der Waals surface area contributed by atoms with Crippen LogP contribution in [-0.4, -0.2) is 55.4 Å². The Bertz CT molecular complexity index is 588. The molecule has 0 radical (unpaired) electrons. The largest absolute Gasteiger partial charge is 0.496 e. The Labute approximate surface area is 129 Å². The van der Waals surface area contributed by atoms with Crippen LogP contribution in [0.3, 0.4) is 0 Å². The highest BCUT2D eigenvalue weighted by Gasteiger charge is 2.43. The molecule has 6 heteroatoms. The van der Waals surface area contributed by atoms with E-state index in [1.165, 1.54) is 0 Å². The second-order valence-electron chi connectivity index (χ2n) is 5.95. The number of rotatable bonds is 4. The third-order valence-corrected chi connectivity index (χ3v) is 4.51. The highest BCUT2D eigenvalue weighted by Crippen LogP contribution is 2.44. The topological polar surface area (TPSA) is 68.2 Å². The van der Waals surface area contributed by atoms with Crippen LogP contribution in [-0.2, 0) is 11.2 Å². The van der Waals surface area contributed by atoms with Crippen LogP contribution in [0.2, 0.25) is 0 Å². The van der Waals surface area contributed by atoms with Crippen molar-refractivity contribution in [2.45, 2.75) is 24.9 Å². The molecule has 2 aliphatic rings. The summed E-state index contributed by atoms with van der Waals surface area (Å²) in [6, 6.07) is 3.75. The molecule has 2 heterocycles. The summed E-state index contributed by atoms with van der Waals surface area (Å²) in [7, 11) is 3.26.